The van der Waals surface area contributed by atoms with E-state index in [4.69, 9.17) is 0 Å². The normalized spacial score (nSPS) is 12.0. The monoisotopic (exact) mass is 363 g/mol. The molecular weight excluding hydrogens is 338 g/mol. The van der Waals surface area contributed by atoms with Crippen LogP contribution in [-0.2, 0) is 4.79 Å². The number of benzene rings is 2. The third kappa shape index (κ3) is 4.03. The van der Waals surface area contributed by atoms with E-state index in [0.29, 0.717) is 5.57 Å². The summed E-state index contributed by atoms with van der Waals surface area (Å²) in [6, 6.07) is 10.2. The molecule has 0 radical (unpaired) electrons. The molecule has 0 aliphatic rings. The van der Waals surface area contributed by atoms with Crippen molar-refractivity contribution >= 4 is 23.0 Å². The van der Waals surface area contributed by atoms with Gasteiger partial charge >= 0.3 is 5.69 Å². The maximum atomic E-state index is 12.2. The van der Waals surface area contributed by atoms with Crippen molar-refractivity contribution < 1.29 is 4.79 Å². The third-order valence-electron chi connectivity index (χ3n) is 4.59. The molecule has 0 atom stereocenters. The van der Waals surface area contributed by atoms with Gasteiger partial charge in [0.2, 0.25) is 5.91 Å². The molecule has 3 rings (SSSR count). The first-order valence-corrected chi connectivity index (χ1v) is 9.07. The van der Waals surface area contributed by atoms with Crippen LogP contribution >= 0.6 is 0 Å². The minimum Gasteiger partial charge on any atom is -0.350 e. The Morgan fingerprint density at radius 3 is 2.44 bits per heavy atom. The van der Waals surface area contributed by atoms with Crippen LogP contribution in [0.4, 0.5) is 0 Å². The van der Waals surface area contributed by atoms with E-state index in [1.165, 1.54) is 0 Å². The Labute approximate surface area is 158 Å². The maximum absolute atomic E-state index is 12.2. The molecule has 0 fully saturated rings. The van der Waals surface area contributed by atoms with Gasteiger partial charge in [-0.2, -0.15) is 0 Å². The molecule has 140 valence electrons. The second kappa shape index (κ2) is 7.27. The van der Waals surface area contributed by atoms with Crippen LogP contribution in [0.3, 0.4) is 0 Å². The van der Waals surface area contributed by atoms with E-state index >= 15 is 0 Å². The molecule has 0 spiro atoms. The van der Waals surface area contributed by atoms with Crippen molar-refractivity contribution in [1.82, 2.24) is 15.3 Å². The van der Waals surface area contributed by atoms with Crippen LogP contribution in [-0.4, -0.2) is 21.9 Å². The summed E-state index contributed by atoms with van der Waals surface area (Å²) in [5, 5.41) is 2.91. The first kappa shape index (κ1) is 18.7. The van der Waals surface area contributed by atoms with Gasteiger partial charge in [0.15, 0.2) is 0 Å². The summed E-state index contributed by atoms with van der Waals surface area (Å²) in [5.41, 5.74) is 7.46. The van der Waals surface area contributed by atoms with E-state index in [9.17, 15) is 9.59 Å². The van der Waals surface area contributed by atoms with Gasteiger partial charge in [-0.15, -0.1) is 0 Å². The van der Waals surface area contributed by atoms with Gasteiger partial charge in [0, 0.05) is 11.6 Å². The lowest BCUT2D eigenvalue weighted by Gasteiger charge is -2.12. The Morgan fingerprint density at radius 1 is 1.04 bits per heavy atom. The molecular formula is C22H25N3O2. The predicted molar refractivity (Wildman–Crippen MR) is 111 cm³/mol. The van der Waals surface area contributed by atoms with Crippen molar-refractivity contribution in [2.45, 2.75) is 40.7 Å². The average Bonchev–Trinajstić information content (AvgIpc) is 2.96. The van der Waals surface area contributed by atoms with Crippen LogP contribution in [0.2, 0.25) is 0 Å². The number of nitrogens with one attached hydrogen (secondary N) is 3. The number of hydrogen-bond donors (Lipinski definition) is 3. The molecule has 1 amide bonds. The Balaban J connectivity index is 1.98. The van der Waals surface area contributed by atoms with E-state index in [2.05, 4.69) is 34.3 Å². The van der Waals surface area contributed by atoms with Crippen molar-refractivity contribution in [3.05, 3.63) is 63.1 Å². The van der Waals surface area contributed by atoms with Gasteiger partial charge in [0.1, 0.15) is 0 Å². The Morgan fingerprint density at radius 2 is 1.74 bits per heavy atom. The zero-order valence-electron chi connectivity index (χ0n) is 16.4. The Bertz CT molecular complexity index is 1100. The highest BCUT2D eigenvalue weighted by Gasteiger charge is 2.10. The second-order valence-electron chi connectivity index (χ2n) is 7.32. The number of fused-ring (bicyclic) bond motifs is 1. The fourth-order valence-electron chi connectivity index (χ4n) is 3.18. The first-order chi connectivity index (χ1) is 12.7. The van der Waals surface area contributed by atoms with E-state index in [-0.39, 0.29) is 17.6 Å². The van der Waals surface area contributed by atoms with Gasteiger partial charge in [-0.1, -0.05) is 18.2 Å². The molecule has 3 N–H and O–H groups in total. The smallest absolute Gasteiger partial charge is 0.323 e. The molecule has 0 saturated carbocycles. The van der Waals surface area contributed by atoms with Crippen molar-refractivity contribution in [2.24, 2.45) is 0 Å². The zero-order chi connectivity index (χ0) is 19.7. The number of rotatable bonds is 4. The predicted octanol–water partition coefficient (Wildman–Crippen LogP) is 4.07. The molecule has 0 aliphatic heterocycles. The summed E-state index contributed by atoms with van der Waals surface area (Å²) < 4.78 is 0. The highest BCUT2D eigenvalue weighted by atomic mass is 16.2. The van der Waals surface area contributed by atoms with E-state index in [1.807, 2.05) is 52.0 Å². The molecule has 0 unspecified atom stereocenters. The largest absolute Gasteiger partial charge is 0.350 e. The van der Waals surface area contributed by atoms with Crippen molar-refractivity contribution in [1.29, 1.82) is 0 Å². The molecule has 1 aromatic heterocycles. The summed E-state index contributed by atoms with van der Waals surface area (Å²) in [5.74, 6) is -0.0482. The lowest BCUT2D eigenvalue weighted by atomic mass is 9.94. The first-order valence-electron chi connectivity index (χ1n) is 9.07. The quantitative estimate of drug-likeness (QED) is 0.611. The van der Waals surface area contributed by atoms with E-state index < -0.39 is 0 Å². The Kier molecular flexibility index (Phi) is 5.04. The molecule has 27 heavy (non-hydrogen) atoms. The lowest BCUT2D eigenvalue weighted by molar-refractivity contribution is -0.117. The molecule has 1 heterocycles. The van der Waals surface area contributed by atoms with Crippen molar-refractivity contribution in [3.63, 3.8) is 0 Å². The molecule has 5 nitrogen and oxygen atoms in total. The highest BCUT2D eigenvalue weighted by molar-refractivity contribution is 5.97. The second-order valence-corrected chi connectivity index (χ2v) is 7.32. The minimum absolute atomic E-state index is 0.0482. The molecule has 2 aromatic carbocycles. The number of hydrogen-bond acceptors (Lipinski definition) is 2. The van der Waals surface area contributed by atoms with Crippen molar-refractivity contribution in [2.75, 3.05) is 0 Å². The van der Waals surface area contributed by atoms with Crippen molar-refractivity contribution in [3.8, 4) is 11.1 Å². The minimum atomic E-state index is -0.203. The van der Waals surface area contributed by atoms with Crippen LogP contribution in [0.5, 0.6) is 0 Å². The number of aromatic amines is 2. The molecule has 0 aliphatic carbocycles. The topological polar surface area (TPSA) is 77.8 Å². The summed E-state index contributed by atoms with van der Waals surface area (Å²) in [7, 11) is 0. The summed E-state index contributed by atoms with van der Waals surface area (Å²) in [6.45, 7) is 9.82. The number of amides is 1. The summed E-state index contributed by atoms with van der Waals surface area (Å²) in [6.07, 6.45) is 1.93. The van der Waals surface area contributed by atoms with Crippen LogP contribution < -0.4 is 11.0 Å². The third-order valence-corrected chi connectivity index (χ3v) is 4.59. The SMILES string of the molecule is CC(=Cc1cc(C)c(-c2ccc3[nH]c(=O)[nH]c3c2)cc1C)C(=O)NC(C)C. The fraction of sp³-hybridized carbons (Fsp3) is 0.273. The average molecular weight is 363 g/mol. The van der Waals surface area contributed by atoms with E-state index in [0.717, 1.165) is 38.9 Å². The van der Waals surface area contributed by atoms with Crippen LogP contribution in [0.15, 0.2) is 40.7 Å². The van der Waals surface area contributed by atoms with Gasteiger partial charge < -0.3 is 15.3 Å². The number of imidazole rings is 1. The van der Waals surface area contributed by atoms with Crippen LogP contribution in [0, 0.1) is 13.8 Å². The Hall–Kier alpha value is -3.08. The number of H-pyrrole nitrogens is 2. The number of aromatic nitrogens is 2. The zero-order valence-corrected chi connectivity index (χ0v) is 16.4. The highest BCUT2D eigenvalue weighted by Crippen LogP contribution is 2.29. The summed E-state index contributed by atoms with van der Waals surface area (Å²) in [4.78, 5) is 29.2. The number of carbonyl (C=O) groups is 1. The molecule has 0 saturated heterocycles. The summed E-state index contributed by atoms with van der Waals surface area (Å²) >= 11 is 0. The molecule has 0 bridgehead atoms. The van der Waals surface area contributed by atoms with E-state index in [1.54, 1.807) is 0 Å². The van der Waals surface area contributed by atoms with Gasteiger partial charge in [0.05, 0.1) is 11.0 Å². The van der Waals surface area contributed by atoms with Gasteiger partial charge in [-0.05, 0) is 80.6 Å². The lowest BCUT2D eigenvalue weighted by Crippen LogP contribution is -2.30. The van der Waals surface area contributed by atoms with Gasteiger partial charge in [0.25, 0.3) is 0 Å². The molecule has 3 aromatic rings. The number of carbonyl (C=O) groups excluding carboxylic acids is 1. The molecule has 5 heteroatoms. The standard InChI is InChI=1S/C22H25N3O2/c1-12(2)23-21(26)15(5)9-17-8-14(4)18(10-13(17)3)16-6-7-19-20(11-16)25-22(27)24-19/h6-12H,1-5H3,(H,23,26)(H2,24,25,27). The number of aryl methyl sites for hydroxylation is 2. The van der Waals surface area contributed by atoms with Crippen LogP contribution in [0.1, 0.15) is 37.5 Å². The van der Waals surface area contributed by atoms with Gasteiger partial charge in [-0.25, -0.2) is 4.79 Å². The van der Waals surface area contributed by atoms with Gasteiger partial charge in [-0.3, -0.25) is 4.79 Å². The van der Waals surface area contributed by atoms with Crippen LogP contribution in [0.25, 0.3) is 28.2 Å². The maximum Gasteiger partial charge on any atom is 0.323 e. The fourth-order valence-corrected chi connectivity index (χ4v) is 3.18.